The summed E-state index contributed by atoms with van der Waals surface area (Å²) in [6.45, 7) is 0. The third-order valence-corrected chi connectivity index (χ3v) is 9.51. The van der Waals surface area contributed by atoms with Crippen LogP contribution in [0.4, 0.5) is 0 Å². The van der Waals surface area contributed by atoms with Crippen LogP contribution in [0, 0.1) is 11.3 Å². The Hall–Kier alpha value is -6.37. The largest absolute Gasteiger partial charge is 0.455 e. The second-order valence-corrected chi connectivity index (χ2v) is 12.0. The zero-order valence-electron chi connectivity index (χ0n) is 24.7. The van der Waals surface area contributed by atoms with E-state index < -0.39 is 0 Å². The molecule has 0 unspecified atom stereocenters. The molecule has 3 heteroatoms. The summed E-state index contributed by atoms with van der Waals surface area (Å²) in [4.78, 5) is 0. The van der Waals surface area contributed by atoms with Gasteiger partial charge in [-0.3, -0.25) is 0 Å². The molecule has 0 spiro atoms. The summed E-state index contributed by atoms with van der Waals surface area (Å²) in [6, 6.07) is 53.3. The zero-order chi connectivity index (χ0) is 30.4. The number of benzene rings is 7. The SMILES string of the molecule is N#Cc1cc(-c2ccccc2)cc(-c2cccc(-c3cccc4c3oc3cc5c6ccccc6n6c7ccccc7c(c34)c56)c2)c1. The molecule has 0 atom stereocenters. The third kappa shape index (κ3) is 3.41. The minimum absolute atomic E-state index is 0.642. The molecule has 10 rings (SSSR count). The lowest BCUT2D eigenvalue weighted by Gasteiger charge is -2.10. The quantitative estimate of drug-likeness (QED) is 0.207. The first-order valence-corrected chi connectivity index (χ1v) is 15.5. The Labute approximate surface area is 264 Å². The number of nitriles is 1. The predicted octanol–water partition coefficient (Wildman–Crippen LogP) is 11.6. The van der Waals surface area contributed by atoms with Gasteiger partial charge in [-0.05, 0) is 70.3 Å². The summed E-state index contributed by atoms with van der Waals surface area (Å²) in [7, 11) is 0. The van der Waals surface area contributed by atoms with Gasteiger partial charge in [0.05, 0.1) is 28.2 Å². The summed E-state index contributed by atoms with van der Waals surface area (Å²) in [5, 5.41) is 17.0. The smallest absolute Gasteiger partial charge is 0.143 e. The van der Waals surface area contributed by atoms with Crippen molar-refractivity contribution >= 4 is 60.0 Å². The number of para-hydroxylation sites is 3. The van der Waals surface area contributed by atoms with E-state index in [1.54, 1.807) is 0 Å². The molecule has 0 saturated carbocycles. The highest BCUT2D eigenvalue weighted by Gasteiger charge is 2.23. The molecule has 0 N–H and O–H groups in total. The Kier molecular flexibility index (Phi) is 5.06. The topological polar surface area (TPSA) is 41.3 Å². The normalized spacial score (nSPS) is 11.9. The fourth-order valence-electron chi connectivity index (χ4n) is 7.55. The molecule has 0 aliphatic heterocycles. The molecule has 0 aliphatic carbocycles. The van der Waals surface area contributed by atoms with Gasteiger partial charge in [-0.15, -0.1) is 0 Å². The van der Waals surface area contributed by atoms with E-state index in [4.69, 9.17) is 4.42 Å². The lowest BCUT2D eigenvalue weighted by atomic mass is 9.94. The maximum absolute atomic E-state index is 9.86. The van der Waals surface area contributed by atoms with E-state index in [9.17, 15) is 5.26 Å². The molecule has 0 aliphatic rings. The van der Waals surface area contributed by atoms with Crippen molar-refractivity contribution in [1.29, 1.82) is 5.26 Å². The molecule has 46 heavy (non-hydrogen) atoms. The molecule has 3 nitrogen and oxygen atoms in total. The van der Waals surface area contributed by atoms with Gasteiger partial charge in [0.15, 0.2) is 0 Å². The minimum atomic E-state index is 0.642. The van der Waals surface area contributed by atoms with Crippen LogP contribution < -0.4 is 0 Å². The van der Waals surface area contributed by atoms with E-state index in [1.807, 2.05) is 30.3 Å². The number of furan rings is 1. The fraction of sp³-hybridized carbons (Fsp3) is 0. The van der Waals surface area contributed by atoms with Crippen LogP contribution in [0.5, 0.6) is 0 Å². The maximum atomic E-state index is 9.86. The van der Waals surface area contributed by atoms with Crippen molar-refractivity contribution in [2.45, 2.75) is 0 Å². The van der Waals surface area contributed by atoms with Crippen molar-refractivity contribution in [3.63, 3.8) is 0 Å². The highest BCUT2D eigenvalue weighted by Crippen LogP contribution is 2.47. The number of aromatic nitrogens is 1. The standard InChI is InChI=1S/C43H24N2O/c44-25-26-20-30(27-10-2-1-3-11-27)23-31(21-26)28-12-8-13-29(22-28)32-16-9-17-35-40-39(46-43(32)35)24-36-33-14-4-6-18-37(33)45-38-19-7-5-15-34(38)41(40)42(36)45/h1-24H. The van der Waals surface area contributed by atoms with Crippen LogP contribution >= 0.6 is 0 Å². The summed E-state index contributed by atoms with van der Waals surface area (Å²) in [5.41, 5.74) is 12.4. The summed E-state index contributed by atoms with van der Waals surface area (Å²) in [5.74, 6) is 0. The lowest BCUT2D eigenvalue weighted by Crippen LogP contribution is -1.86. The van der Waals surface area contributed by atoms with E-state index in [-0.39, 0.29) is 0 Å². The van der Waals surface area contributed by atoms with Crippen LogP contribution in [0.1, 0.15) is 5.56 Å². The monoisotopic (exact) mass is 584 g/mol. The molecule has 0 saturated heterocycles. The van der Waals surface area contributed by atoms with Crippen LogP contribution in [0.25, 0.3) is 93.4 Å². The van der Waals surface area contributed by atoms with Crippen molar-refractivity contribution in [1.82, 2.24) is 4.40 Å². The van der Waals surface area contributed by atoms with Gasteiger partial charge in [0, 0.05) is 37.9 Å². The van der Waals surface area contributed by atoms with E-state index in [2.05, 4.69) is 126 Å². The first-order valence-electron chi connectivity index (χ1n) is 15.5. The average molecular weight is 585 g/mol. The van der Waals surface area contributed by atoms with Crippen LogP contribution in [0.15, 0.2) is 150 Å². The molecule has 3 aromatic heterocycles. The minimum Gasteiger partial charge on any atom is -0.455 e. The van der Waals surface area contributed by atoms with Gasteiger partial charge in [0.1, 0.15) is 11.2 Å². The molecule has 7 aromatic carbocycles. The maximum Gasteiger partial charge on any atom is 0.143 e. The molecule has 3 heterocycles. The predicted molar refractivity (Wildman–Crippen MR) is 189 cm³/mol. The van der Waals surface area contributed by atoms with Gasteiger partial charge >= 0.3 is 0 Å². The van der Waals surface area contributed by atoms with Gasteiger partial charge in [0.25, 0.3) is 0 Å². The first-order chi connectivity index (χ1) is 22.8. The van der Waals surface area contributed by atoms with Gasteiger partial charge in [-0.25, -0.2) is 0 Å². The Morgan fingerprint density at radius 2 is 1.11 bits per heavy atom. The second kappa shape index (κ2) is 9.32. The number of fused-ring (bicyclic) bond motifs is 10. The van der Waals surface area contributed by atoms with E-state index in [0.717, 1.165) is 55.3 Å². The Bertz CT molecular complexity index is 2870. The molecule has 0 radical (unpaired) electrons. The molecule has 10 aromatic rings. The van der Waals surface area contributed by atoms with Crippen LogP contribution in [-0.2, 0) is 0 Å². The van der Waals surface area contributed by atoms with E-state index in [0.29, 0.717) is 5.56 Å². The van der Waals surface area contributed by atoms with Crippen molar-refractivity contribution in [2.75, 3.05) is 0 Å². The fourth-order valence-corrected chi connectivity index (χ4v) is 7.55. The highest BCUT2D eigenvalue weighted by atomic mass is 16.3. The Balaban J connectivity index is 1.22. The molecular formula is C43H24N2O. The summed E-state index contributed by atoms with van der Waals surface area (Å²) >= 11 is 0. The van der Waals surface area contributed by atoms with Crippen LogP contribution in [-0.4, -0.2) is 4.40 Å². The third-order valence-electron chi connectivity index (χ3n) is 9.51. The van der Waals surface area contributed by atoms with Gasteiger partial charge in [-0.1, -0.05) is 103 Å². The Morgan fingerprint density at radius 1 is 0.478 bits per heavy atom. The van der Waals surface area contributed by atoms with Crippen molar-refractivity contribution in [3.8, 4) is 39.4 Å². The van der Waals surface area contributed by atoms with E-state index in [1.165, 1.54) is 38.1 Å². The van der Waals surface area contributed by atoms with Crippen molar-refractivity contribution < 1.29 is 4.42 Å². The Morgan fingerprint density at radius 3 is 1.93 bits per heavy atom. The second-order valence-electron chi connectivity index (χ2n) is 12.0. The molecule has 0 amide bonds. The van der Waals surface area contributed by atoms with Crippen LogP contribution in [0.2, 0.25) is 0 Å². The van der Waals surface area contributed by atoms with E-state index >= 15 is 0 Å². The van der Waals surface area contributed by atoms with Crippen molar-refractivity contribution in [3.05, 3.63) is 151 Å². The zero-order valence-corrected chi connectivity index (χ0v) is 24.7. The molecule has 212 valence electrons. The number of nitrogens with zero attached hydrogens (tertiary/aromatic N) is 2. The first kappa shape index (κ1) is 25.0. The summed E-state index contributed by atoms with van der Waals surface area (Å²) < 4.78 is 9.27. The van der Waals surface area contributed by atoms with Crippen molar-refractivity contribution in [2.24, 2.45) is 0 Å². The van der Waals surface area contributed by atoms with Gasteiger partial charge < -0.3 is 8.82 Å². The van der Waals surface area contributed by atoms with Crippen LogP contribution in [0.3, 0.4) is 0 Å². The number of rotatable bonds is 3. The van der Waals surface area contributed by atoms with Gasteiger partial charge in [-0.2, -0.15) is 5.26 Å². The number of hydrogen-bond acceptors (Lipinski definition) is 2. The molecular weight excluding hydrogens is 560 g/mol. The number of hydrogen-bond donors (Lipinski definition) is 0. The highest BCUT2D eigenvalue weighted by molar-refractivity contribution is 6.35. The lowest BCUT2D eigenvalue weighted by molar-refractivity contribution is 0.671. The molecule has 0 fully saturated rings. The summed E-state index contributed by atoms with van der Waals surface area (Å²) in [6.07, 6.45) is 0. The molecule has 0 bridgehead atoms. The van der Waals surface area contributed by atoms with Gasteiger partial charge in [0.2, 0.25) is 0 Å². The average Bonchev–Trinajstić information content (AvgIpc) is 3.78.